The molecular weight excluding hydrogens is 533 g/mol. The molecule has 1 N–H and O–H groups in total. The molecule has 194 valence electrons. The van der Waals surface area contributed by atoms with E-state index in [2.05, 4.69) is 9.71 Å². The van der Waals surface area contributed by atoms with Crippen LogP contribution in [0.2, 0.25) is 5.15 Å². The van der Waals surface area contributed by atoms with Gasteiger partial charge in [0, 0.05) is 42.4 Å². The summed E-state index contributed by atoms with van der Waals surface area (Å²) in [5.74, 6) is -1.08. The van der Waals surface area contributed by atoms with Gasteiger partial charge in [-0.25, -0.2) is 18.1 Å². The molecule has 0 saturated carbocycles. The molecule has 5 rings (SSSR count). The van der Waals surface area contributed by atoms with Gasteiger partial charge in [0.25, 0.3) is 5.91 Å². The van der Waals surface area contributed by atoms with E-state index < -0.39 is 39.4 Å². The number of halogens is 4. The molecule has 1 amide bonds. The van der Waals surface area contributed by atoms with Gasteiger partial charge in [-0.15, -0.1) is 0 Å². The molecule has 1 fully saturated rings. The van der Waals surface area contributed by atoms with Crippen LogP contribution in [0.4, 0.5) is 13.2 Å². The zero-order valence-electron chi connectivity index (χ0n) is 19.2. The molecule has 4 aromatic rings. The first-order chi connectivity index (χ1) is 17.4. The number of carbonyl (C=O) groups is 1. The number of likely N-dealkylation sites (tertiary alicyclic amines) is 1. The molecule has 0 unspecified atom stereocenters. The summed E-state index contributed by atoms with van der Waals surface area (Å²) in [6, 6.07) is 10.8. The third-order valence-electron chi connectivity index (χ3n) is 6.22. The molecule has 1 aromatic carbocycles. The first kappa shape index (κ1) is 25.3. The van der Waals surface area contributed by atoms with Crippen molar-refractivity contribution in [1.29, 1.82) is 0 Å². The molecule has 37 heavy (non-hydrogen) atoms. The number of nitrogens with one attached hydrogen (secondary N) is 1. The number of amides is 1. The second-order valence-corrected chi connectivity index (χ2v) is 11.0. The van der Waals surface area contributed by atoms with Gasteiger partial charge < -0.3 is 9.32 Å². The molecular formula is C24H20ClF3N4O4S. The lowest BCUT2D eigenvalue weighted by Crippen LogP contribution is -2.39. The number of benzene rings is 1. The number of imidazole rings is 1. The fraction of sp³-hybridized carbons (Fsp3) is 0.250. The number of sulfonamides is 1. The van der Waals surface area contributed by atoms with Gasteiger partial charge in [-0.3, -0.25) is 9.20 Å². The van der Waals surface area contributed by atoms with Crippen molar-refractivity contribution in [2.45, 2.75) is 18.1 Å². The Hall–Kier alpha value is -3.35. The molecule has 2 atom stereocenters. The second-order valence-electron chi connectivity index (χ2n) is 8.82. The van der Waals surface area contributed by atoms with Gasteiger partial charge in [-0.05, 0) is 17.7 Å². The Labute approximate surface area is 214 Å². The first-order valence-corrected chi connectivity index (χ1v) is 13.3. The Morgan fingerprint density at radius 3 is 2.51 bits per heavy atom. The average Bonchev–Trinajstić information content (AvgIpc) is 3.57. The predicted molar refractivity (Wildman–Crippen MR) is 130 cm³/mol. The summed E-state index contributed by atoms with van der Waals surface area (Å²) in [6.45, 7) is 0.106. The van der Waals surface area contributed by atoms with Gasteiger partial charge >= 0.3 is 6.18 Å². The highest BCUT2D eigenvalue weighted by Gasteiger charge is 2.40. The number of rotatable bonds is 5. The van der Waals surface area contributed by atoms with Crippen molar-refractivity contribution in [3.8, 4) is 11.1 Å². The first-order valence-electron chi connectivity index (χ1n) is 11.1. The van der Waals surface area contributed by atoms with Crippen LogP contribution in [0.25, 0.3) is 16.8 Å². The van der Waals surface area contributed by atoms with Crippen LogP contribution in [0.5, 0.6) is 0 Å². The van der Waals surface area contributed by atoms with Crippen LogP contribution in [-0.4, -0.2) is 54.0 Å². The summed E-state index contributed by atoms with van der Waals surface area (Å²) >= 11 is 6.43. The number of fused-ring (bicyclic) bond motifs is 1. The summed E-state index contributed by atoms with van der Waals surface area (Å²) in [6.07, 6.45) is 0.226. The van der Waals surface area contributed by atoms with Gasteiger partial charge in [0.1, 0.15) is 5.15 Å². The number of hydrogen-bond acceptors (Lipinski definition) is 5. The van der Waals surface area contributed by atoms with Crippen LogP contribution < -0.4 is 4.72 Å². The SMILES string of the molecule is CS(=O)(=O)N[C@H]1CN(C(=O)c2nc3c(C(F)(F)F)cc(-c4ccoc4)cn3c2Cl)C[C@@H]1c1ccccc1. The van der Waals surface area contributed by atoms with Gasteiger partial charge in [0.05, 0.1) is 24.3 Å². The quantitative estimate of drug-likeness (QED) is 0.395. The van der Waals surface area contributed by atoms with E-state index in [1.54, 1.807) is 12.1 Å². The third kappa shape index (κ3) is 4.96. The van der Waals surface area contributed by atoms with Crippen molar-refractivity contribution >= 4 is 33.2 Å². The zero-order valence-corrected chi connectivity index (χ0v) is 20.8. The Morgan fingerprint density at radius 1 is 1.16 bits per heavy atom. The van der Waals surface area contributed by atoms with Gasteiger partial charge in [-0.1, -0.05) is 41.9 Å². The summed E-state index contributed by atoms with van der Waals surface area (Å²) < 4.78 is 74.4. The highest BCUT2D eigenvalue weighted by Crippen LogP contribution is 2.38. The lowest BCUT2D eigenvalue weighted by atomic mass is 9.95. The van der Waals surface area contributed by atoms with Gasteiger partial charge in [0.15, 0.2) is 11.3 Å². The van der Waals surface area contributed by atoms with Crippen LogP contribution in [0, 0.1) is 0 Å². The maximum absolute atomic E-state index is 13.9. The number of carbonyl (C=O) groups excluding carboxylic acids is 1. The lowest BCUT2D eigenvalue weighted by molar-refractivity contribution is -0.136. The minimum Gasteiger partial charge on any atom is -0.472 e. The highest BCUT2D eigenvalue weighted by atomic mass is 35.5. The minimum absolute atomic E-state index is 0.0118. The van der Waals surface area contributed by atoms with E-state index in [0.29, 0.717) is 5.56 Å². The predicted octanol–water partition coefficient (Wildman–Crippen LogP) is 4.42. The molecule has 0 bridgehead atoms. The topological polar surface area (TPSA) is 96.9 Å². The average molecular weight is 553 g/mol. The Morgan fingerprint density at radius 2 is 1.89 bits per heavy atom. The number of alkyl halides is 3. The summed E-state index contributed by atoms with van der Waals surface area (Å²) in [4.78, 5) is 18.8. The minimum atomic E-state index is -4.77. The maximum Gasteiger partial charge on any atom is 0.420 e. The normalized spacial score (nSPS) is 18.6. The Kier molecular flexibility index (Phi) is 6.29. The molecule has 0 radical (unpaired) electrons. The van der Waals surface area contributed by atoms with E-state index in [-0.39, 0.29) is 35.4 Å². The number of nitrogens with zero attached hydrogens (tertiary/aromatic N) is 3. The number of pyridine rings is 1. The summed E-state index contributed by atoms with van der Waals surface area (Å²) in [7, 11) is -3.61. The molecule has 1 aliphatic rings. The van der Waals surface area contributed by atoms with Crippen molar-refractivity contribution in [2.75, 3.05) is 19.3 Å². The molecule has 1 saturated heterocycles. The molecule has 13 heteroatoms. The van der Waals surface area contributed by atoms with Crippen molar-refractivity contribution in [3.05, 3.63) is 83.2 Å². The summed E-state index contributed by atoms with van der Waals surface area (Å²) in [5.41, 5.74) is -0.558. The van der Waals surface area contributed by atoms with E-state index in [0.717, 1.165) is 22.3 Å². The summed E-state index contributed by atoms with van der Waals surface area (Å²) in [5, 5.41) is -0.286. The van der Waals surface area contributed by atoms with E-state index in [4.69, 9.17) is 16.0 Å². The zero-order chi connectivity index (χ0) is 26.5. The fourth-order valence-electron chi connectivity index (χ4n) is 4.60. The molecule has 0 aliphatic carbocycles. The largest absolute Gasteiger partial charge is 0.472 e. The third-order valence-corrected chi connectivity index (χ3v) is 7.32. The number of aromatic nitrogens is 2. The van der Waals surface area contributed by atoms with Crippen LogP contribution in [0.1, 0.15) is 27.5 Å². The van der Waals surface area contributed by atoms with E-state index >= 15 is 0 Å². The van der Waals surface area contributed by atoms with Gasteiger partial charge in [0.2, 0.25) is 10.0 Å². The van der Waals surface area contributed by atoms with Crippen LogP contribution in [0.15, 0.2) is 65.6 Å². The molecule has 4 heterocycles. The van der Waals surface area contributed by atoms with E-state index in [1.165, 1.54) is 29.7 Å². The lowest BCUT2D eigenvalue weighted by Gasteiger charge is -2.18. The van der Waals surface area contributed by atoms with Crippen molar-refractivity contribution in [3.63, 3.8) is 0 Å². The highest BCUT2D eigenvalue weighted by molar-refractivity contribution is 7.88. The van der Waals surface area contributed by atoms with Crippen molar-refractivity contribution in [2.24, 2.45) is 0 Å². The maximum atomic E-state index is 13.9. The number of furan rings is 1. The fourth-order valence-corrected chi connectivity index (χ4v) is 5.64. The van der Waals surface area contributed by atoms with Crippen LogP contribution in [0.3, 0.4) is 0 Å². The smallest absolute Gasteiger partial charge is 0.420 e. The van der Waals surface area contributed by atoms with E-state index in [9.17, 15) is 26.4 Å². The monoisotopic (exact) mass is 552 g/mol. The van der Waals surface area contributed by atoms with Crippen molar-refractivity contribution in [1.82, 2.24) is 19.0 Å². The number of hydrogen-bond donors (Lipinski definition) is 1. The Bertz CT molecular complexity index is 1570. The van der Waals surface area contributed by atoms with Gasteiger partial charge in [-0.2, -0.15) is 13.2 Å². The van der Waals surface area contributed by atoms with Crippen LogP contribution in [-0.2, 0) is 16.2 Å². The Balaban J connectivity index is 1.55. The molecule has 1 aliphatic heterocycles. The molecule has 3 aromatic heterocycles. The second kappa shape index (κ2) is 9.19. The molecule has 0 spiro atoms. The standard InChI is InChI=1S/C24H20ClF3N4O4S/c1-37(34,35)30-19-12-31(11-17(19)14-5-3-2-4-6-14)23(33)20-21(25)32-10-16(15-7-8-36-13-15)9-18(22(32)29-20)24(26,27)28/h2-10,13,17,19,30H,11-12H2,1H3/t17-,19+/m1/s1. The van der Waals surface area contributed by atoms with Crippen molar-refractivity contribution < 1.29 is 30.8 Å². The van der Waals surface area contributed by atoms with E-state index in [1.807, 2.05) is 18.2 Å². The van der Waals surface area contributed by atoms with Crippen LogP contribution >= 0.6 is 11.6 Å². The molecule has 8 nitrogen and oxygen atoms in total.